The minimum atomic E-state index is -0.170. The van der Waals surface area contributed by atoms with E-state index in [-0.39, 0.29) is 5.91 Å². The molecule has 0 bridgehead atoms. The number of carbonyl (C=O) groups excluding carboxylic acids is 1. The van der Waals surface area contributed by atoms with Gasteiger partial charge in [-0.1, -0.05) is 46.1 Å². The monoisotopic (exact) mass is 447 g/mol. The number of hydrogen-bond donors (Lipinski definition) is 1. The van der Waals surface area contributed by atoms with Gasteiger partial charge >= 0.3 is 0 Å². The average Bonchev–Trinajstić information content (AvgIpc) is 2.67. The molecule has 0 atom stereocenters. The summed E-state index contributed by atoms with van der Waals surface area (Å²) in [5, 5.41) is 2.92. The van der Waals surface area contributed by atoms with Gasteiger partial charge in [0.2, 0.25) is 0 Å². The third-order valence-corrected chi connectivity index (χ3v) is 4.74. The number of halogens is 1. The molecule has 0 aliphatic carbocycles. The number of benzene rings is 2. The summed E-state index contributed by atoms with van der Waals surface area (Å²) in [5.74, 6) is 1.79. The first kappa shape index (κ1) is 22.3. The summed E-state index contributed by atoms with van der Waals surface area (Å²) in [7, 11) is 0. The molecule has 0 unspecified atom stereocenters. The summed E-state index contributed by atoms with van der Waals surface area (Å²) in [4.78, 5) is 12.6. The molecule has 2 rings (SSSR count). The van der Waals surface area contributed by atoms with Crippen LogP contribution < -0.4 is 14.8 Å². The van der Waals surface area contributed by atoms with Crippen LogP contribution in [-0.2, 0) is 0 Å². The van der Waals surface area contributed by atoms with Gasteiger partial charge in [0, 0.05) is 17.3 Å². The Kier molecular flexibility index (Phi) is 9.35. The van der Waals surface area contributed by atoms with Crippen molar-refractivity contribution >= 4 is 27.5 Å². The van der Waals surface area contributed by atoms with E-state index in [1.54, 1.807) is 12.1 Å². The number of amides is 1. The van der Waals surface area contributed by atoms with Crippen molar-refractivity contribution < 1.29 is 14.3 Å². The summed E-state index contributed by atoms with van der Waals surface area (Å²) in [6.07, 6.45) is 4.65. The lowest BCUT2D eigenvalue weighted by Gasteiger charge is -2.12. The molecule has 0 heterocycles. The lowest BCUT2D eigenvalue weighted by Crippen LogP contribution is -2.12. The van der Waals surface area contributed by atoms with Crippen LogP contribution in [-0.4, -0.2) is 19.1 Å². The van der Waals surface area contributed by atoms with Gasteiger partial charge in [-0.25, -0.2) is 0 Å². The Balaban J connectivity index is 1.93. The standard InChI is InChI=1S/C23H30BrNO3/c1-4-5-6-7-13-27-22-12-11-18(14-21(22)24)23(26)25-19-9-8-10-20(15-19)28-16-17(2)3/h8-12,14-15,17H,4-7,13,16H2,1-3H3,(H,25,26). The highest BCUT2D eigenvalue weighted by Crippen LogP contribution is 2.27. The molecule has 152 valence electrons. The molecule has 0 aliphatic rings. The lowest BCUT2D eigenvalue weighted by molar-refractivity contribution is 0.102. The van der Waals surface area contributed by atoms with Crippen LogP contribution in [0.2, 0.25) is 0 Å². The molecule has 4 nitrogen and oxygen atoms in total. The summed E-state index contributed by atoms with van der Waals surface area (Å²) in [6.45, 7) is 7.72. The van der Waals surface area contributed by atoms with Gasteiger partial charge in [0.05, 0.1) is 17.7 Å². The van der Waals surface area contributed by atoms with Crippen LogP contribution in [0.3, 0.4) is 0 Å². The average molecular weight is 448 g/mol. The topological polar surface area (TPSA) is 47.6 Å². The van der Waals surface area contributed by atoms with E-state index >= 15 is 0 Å². The zero-order valence-electron chi connectivity index (χ0n) is 17.0. The van der Waals surface area contributed by atoms with E-state index in [1.165, 1.54) is 19.3 Å². The van der Waals surface area contributed by atoms with Crippen molar-refractivity contribution in [3.8, 4) is 11.5 Å². The summed E-state index contributed by atoms with van der Waals surface area (Å²) < 4.78 is 12.3. The second-order valence-electron chi connectivity index (χ2n) is 7.24. The predicted molar refractivity (Wildman–Crippen MR) is 119 cm³/mol. The highest BCUT2D eigenvalue weighted by atomic mass is 79.9. The van der Waals surface area contributed by atoms with Crippen molar-refractivity contribution in [3.63, 3.8) is 0 Å². The minimum absolute atomic E-state index is 0.170. The van der Waals surface area contributed by atoms with E-state index in [1.807, 2.05) is 30.3 Å². The van der Waals surface area contributed by atoms with Crippen LogP contribution in [0.1, 0.15) is 56.8 Å². The molecule has 5 heteroatoms. The molecule has 0 spiro atoms. The van der Waals surface area contributed by atoms with Crippen LogP contribution in [0.4, 0.5) is 5.69 Å². The van der Waals surface area contributed by atoms with E-state index in [9.17, 15) is 4.79 Å². The first-order valence-corrected chi connectivity index (χ1v) is 10.8. The molecular weight excluding hydrogens is 418 g/mol. The maximum absolute atomic E-state index is 12.6. The molecule has 0 fully saturated rings. The maximum atomic E-state index is 12.6. The minimum Gasteiger partial charge on any atom is -0.493 e. The summed E-state index contributed by atoms with van der Waals surface area (Å²) in [6, 6.07) is 12.8. The first-order chi connectivity index (χ1) is 13.5. The summed E-state index contributed by atoms with van der Waals surface area (Å²) >= 11 is 3.50. The highest BCUT2D eigenvalue weighted by Gasteiger charge is 2.10. The van der Waals surface area contributed by atoms with Crippen LogP contribution in [0.15, 0.2) is 46.9 Å². The fourth-order valence-electron chi connectivity index (χ4n) is 2.60. The fourth-order valence-corrected chi connectivity index (χ4v) is 3.09. The second kappa shape index (κ2) is 11.7. The number of unbranched alkanes of at least 4 members (excludes halogenated alkanes) is 3. The molecule has 0 saturated carbocycles. The van der Waals surface area contributed by atoms with Crippen molar-refractivity contribution in [2.75, 3.05) is 18.5 Å². The van der Waals surface area contributed by atoms with E-state index in [4.69, 9.17) is 9.47 Å². The third kappa shape index (κ3) is 7.55. The molecule has 28 heavy (non-hydrogen) atoms. The maximum Gasteiger partial charge on any atom is 0.255 e. The molecule has 2 aromatic carbocycles. The molecule has 0 aromatic heterocycles. The van der Waals surface area contributed by atoms with Crippen molar-refractivity contribution in [1.29, 1.82) is 0 Å². The Morgan fingerprint density at radius 2 is 1.89 bits per heavy atom. The fraction of sp³-hybridized carbons (Fsp3) is 0.435. The Morgan fingerprint density at radius 3 is 2.61 bits per heavy atom. The number of hydrogen-bond acceptors (Lipinski definition) is 3. The van der Waals surface area contributed by atoms with Gasteiger partial charge in [0.15, 0.2) is 0 Å². The van der Waals surface area contributed by atoms with Crippen LogP contribution in [0.5, 0.6) is 11.5 Å². The quantitative estimate of drug-likeness (QED) is 0.390. The SMILES string of the molecule is CCCCCCOc1ccc(C(=O)Nc2cccc(OCC(C)C)c2)cc1Br. The van der Waals surface area contributed by atoms with E-state index in [2.05, 4.69) is 42.0 Å². The Bertz CT molecular complexity index is 761. The van der Waals surface area contributed by atoms with Crippen molar-refractivity contribution in [2.45, 2.75) is 46.5 Å². The van der Waals surface area contributed by atoms with E-state index in [0.29, 0.717) is 30.4 Å². The molecule has 0 saturated heterocycles. The highest BCUT2D eigenvalue weighted by molar-refractivity contribution is 9.10. The Labute approximate surface area is 176 Å². The van der Waals surface area contributed by atoms with Gasteiger partial charge in [0.25, 0.3) is 5.91 Å². The molecule has 1 amide bonds. The van der Waals surface area contributed by atoms with Crippen LogP contribution in [0.25, 0.3) is 0 Å². The molecule has 0 aliphatic heterocycles. The van der Waals surface area contributed by atoms with Gasteiger partial charge in [-0.05, 0) is 58.6 Å². The number of carbonyl (C=O) groups is 1. The van der Waals surface area contributed by atoms with Crippen LogP contribution >= 0.6 is 15.9 Å². The third-order valence-electron chi connectivity index (χ3n) is 4.12. The van der Waals surface area contributed by atoms with Gasteiger partial charge in [-0.15, -0.1) is 0 Å². The van der Waals surface area contributed by atoms with Crippen LogP contribution in [0, 0.1) is 5.92 Å². The second-order valence-corrected chi connectivity index (χ2v) is 8.10. The molecular formula is C23H30BrNO3. The van der Waals surface area contributed by atoms with E-state index in [0.717, 1.165) is 22.4 Å². The first-order valence-electron chi connectivity index (χ1n) is 9.96. The van der Waals surface area contributed by atoms with Crippen molar-refractivity contribution in [3.05, 3.63) is 52.5 Å². The van der Waals surface area contributed by atoms with E-state index < -0.39 is 0 Å². The predicted octanol–water partition coefficient (Wildman–Crippen LogP) is 6.70. The van der Waals surface area contributed by atoms with Crippen molar-refractivity contribution in [2.24, 2.45) is 5.92 Å². The zero-order chi connectivity index (χ0) is 20.4. The Morgan fingerprint density at radius 1 is 1.07 bits per heavy atom. The van der Waals surface area contributed by atoms with Gasteiger partial charge in [0.1, 0.15) is 11.5 Å². The number of rotatable bonds is 11. The van der Waals surface area contributed by atoms with Crippen molar-refractivity contribution in [1.82, 2.24) is 0 Å². The number of ether oxygens (including phenoxy) is 2. The number of nitrogens with one attached hydrogen (secondary N) is 1. The zero-order valence-corrected chi connectivity index (χ0v) is 18.6. The smallest absolute Gasteiger partial charge is 0.255 e. The van der Waals surface area contributed by atoms with Gasteiger partial charge < -0.3 is 14.8 Å². The lowest BCUT2D eigenvalue weighted by atomic mass is 10.2. The number of anilines is 1. The summed E-state index contributed by atoms with van der Waals surface area (Å²) in [5.41, 5.74) is 1.28. The molecule has 0 radical (unpaired) electrons. The van der Waals surface area contributed by atoms with Gasteiger partial charge in [-0.2, -0.15) is 0 Å². The largest absolute Gasteiger partial charge is 0.493 e. The normalized spacial score (nSPS) is 10.8. The Hall–Kier alpha value is -2.01. The molecule has 2 aromatic rings. The molecule has 1 N–H and O–H groups in total. The van der Waals surface area contributed by atoms with Gasteiger partial charge in [-0.3, -0.25) is 4.79 Å².